The first-order valence-electron chi connectivity index (χ1n) is 48.2. The number of pyridine rings is 1. The van der Waals surface area contributed by atoms with E-state index in [4.69, 9.17) is 18.6 Å². The zero-order valence-electron chi connectivity index (χ0n) is 75.9. The Labute approximate surface area is 828 Å². The largest absolute Gasteiger partial charge is 0.472 e. The van der Waals surface area contributed by atoms with E-state index in [-0.39, 0.29) is 72.7 Å². The van der Waals surface area contributed by atoms with E-state index in [1.165, 1.54) is 174 Å². The number of allylic oxidation sites excluding steroid dienone is 9. The number of halogens is 1. The van der Waals surface area contributed by atoms with Gasteiger partial charge in [0.25, 0.3) is 0 Å². The molecule has 3 aromatic carbocycles. The average Bonchev–Trinajstić information content (AvgIpc) is 1.63. The lowest BCUT2D eigenvalue weighted by atomic mass is 9.96. The van der Waals surface area contributed by atoms with Crippen molar-refractivity contribution in [1.82, 2.24) is 77.6 Å². The van der Waals surface area contributed by atoms with Gasteiger partial charge in [-0.25, -0.2) is 4.39 Å². The summed E-state index contributed by atoms with van der Waals surface area (Å²) in [7, 11) is 3.99. The van der Waals surface area contributed by atoms with Crippen molar-refractivity contribution >= 4 is 50.2 Å². The summed E-state index contributed by atoms with van der Waals surface area (Å²) in [5, 5.41) is 52.4. The Bertz CT molecular complexity index is 5510. The average molecular weight is 1880 g/mol. The molecule has 19 nitrogen and oxygen atoms in total. The van der Waals surface area contributed by atoms with Crippen LogP contribution in [0.3, 0.4) is 0 Å². The monoisotopic (exact) mass is 1880 g/mol. The van der Waals surface area contributed by atoms with Gasteiger partial charge < -0.3 is 61.2 Å². The quantitative estimate of drug-likeness (QED) is 0.0654. The van der Waals surface area contributed by atoms with E-state index in [1.807, 2.05) is 111 Å². The lowest BCUT2D eigenvalue weighted by Crippen LogP contribution is -2.09. The number of nitrogens with zero attached hydrogens (tertiary/aromatic N) is 7. The molecule has 18 atom stereocenters. The lowest BCUT2D eigenvalue weighted by molar-refractivity contribution is 0.393. The summed E-state index contributed by atoms with van der Waals surface area (Å²) in [6, 6.07) is 38.4. The molecule has 15 heterocycles. The highest BCUT2D eigenvalue weighted by molar-refractivity contribution is 5.76. The number of benzene rings is 3. The maximum absolute atomic E-state index is 13.6. The van der Waals surface area contributed by atoms with Crippen molar-refractivity contribution in [3.8, 4) is 6.07 Å². The Morgan fingerprint density at radius 1 is 0.362 bits per heavy atom. The molecule has 744 valence electrons. The van der Waals surface area contributed by atoms with Crippen molar-refractivity contribution in [2.45, 2.75) is 145 Å². The number of hydrogen-bond donors (Lipinski definition) is 9. The van der Waals surface area contributed by atoms with E-state index in [1.54, 1.807) is 30.2 Å². The fourth-order valence-corrected chi connectivity index (χ4v) is 24.0. The van der Waals surface area contributed by atoms with Gasteiger partial charge in [0.1, 0.15) is 17.3 Å². The highest BCUT2D eigenvalue weighted by atomic mass is 19.1. The number of rotatable bonds is 9. The SMILES string of the molecule is C.C.C.C.C.C.C.C.C.C1=C(c2cccnc2)CC2CNCC12.C1=C(c2ccco2)CC2CNCC12.C1=C(c2ccoc2)CC2CNCC12.Cc1ccccc1C1=CC2CNCC2C1.Cc1noc(C)c1C1=CC2CNCC2C1.Cn1cc(C2=CC3CNCC3C2)cn1.Cn1nccc1C1=CC2CNCC2C1.Fc1ccccc1C1=CC2CNCC2C1.N#Cc1ccccc1C1=CC2CNCC2C1. The van der Waals surface area contributed by atoms with Crippen LogP contribution in [0.25, 0.3) is 50.2 Å². The van der Waals surface area contributed by atoms with Crippen LogP contribution >= 0.6 is 0 Å². The van der Waals surface area contributed by atoms with E-state index in [9.17, 15) is 4.39 Å². The first-order valence-corrected chi connectivity index (χ1v) is 48.2. The molecule has 27 rings (SSSR count). The number of fused-ring (bicyclic) bond motifs is 9. The summed E-state index contributed by atoms with van der Waals surface area (Å²) < 4.78 is 33.1. The Balaban J connectivity index is 0.000000159. The van der Waals surface area contributed by atoms with Crippen molar-refractivity contribution in [1.29, 1.82) is 5.26 Å². The normalized spacial score (nSPS) is 27.9. The first-order chi connectivity index (χ1) is 63.3. The van der Waals surface area contributed by atoms with E-state index in [2.05, 4.69) is 197 Å². The molecule has 9 aliphatic heterocycles. The van der Waals surface area contributed by atoms with Crippen LogP contribution in [-0.2, 0) is 14.1 Å². The molecule has 9 aliphatic carbocycles. The topological polar surface area (TPSA) is 233 Å². The summed E-state index contributed by atoms with van der Waals surface area (Å²) >= 11 is 0. The minimum Gasteiger partial charge on any atom is -0.472 e. The molecular weight excluding hydrogens is 1710 g/mol. The number of aryl methyl sites for hydroxylation is 5. The molecule has 20 heteroatoms. The minimum atomic E-state index is -0.0864. The molecule has 0 bridgehead atoms. The standard InChI is InChI=1S/C14H14N2.C14H17N.C13H14FN.C12H16N2O.C12H14N2.2C11H15N3.2C11H13NO.9CH4/c15-7-10-3-1-2-4-14(10)11-5-12-8-16-9-13(12)6-11;1-10-4-2-3-5-14(10)11-6-12-8-15-9-13(12)7-11;14-13-4-2-1-3-12(13)9-5-10-7-15-8-11(10)6-9;1-7-12(8(2)15-14-7)9-3-10-5-13-6-11(10)4-9;1-2-9(6-13-3-1)10-4-11-7-14-8-12(11)5-10;1-14-7-11(6-13-14)8-2-9-4-12-5-10(9)3-8;1-14-11(2-3-13-14)8-4-9-6-12-7-10(9)5-8;1-2-13-7-8(1)9-3-10-5-12-6-11(10)4-9;1-2-11(13-3-1)8-4-9-6-12-7-10(9)5-8;;;;;;;;;/h1-5,12-13,16H,6,8-9H2;2-6,12-13,15H,7-9H2,1H3;1-5,10-11,15H,6-8H2;3,10-11,13H,4-6H2,1-2H3;1-4,6,11-12,14H,5,7-8H2;2,6-7,9-10,12H,3-5H2,1H3;2-4,9-10,12H,5-7H2,1H3;1-3,7,10-12H,4-6H2;1-4,9-10,12H,5-7H2;9*1H4. The Morgan fingerprint density at radius 2 is 0.761 bits per heavy atom. The number of furan rings is 2. The molecule has 9 aromatic rings. The van der Waals surface area contributed by atoms with Gasteiger partial charge in [-0.05, 0) is 359 Å². The third-order valence-electron chi connectivity index (χ3n) is 31.1. The predicted octanol–water partition coefficient (Wildman–Crippen LogP) is 22.5. The maximum atomic E-state index is 13.6. The van der Waals surface area contributed by atoms with Crippen LogP contribution in [-0.4, -0.2) is 148 Å². The molecule has 18 unspecified atom stereocenters. The molecule has 0 radical (unpaired) electrons. The summed E-state index contributed by atoms with van der Waals surface area (Å²) in [5.74, 6) is 15.9. The molecule has 138 heavy (non-hydrogen) atoms. The smallest absolute Gasteiger partial charge is 0.141 e. The van der Waals surface area contributed by atoms with Crippen LogP contribution in [0, 0.1) is 144 Å². The maximum Gasteiger partial charge on any atom is 0.141 e. The van der Waals surface area contributed by atoms with Gasteiger partial charge >= 0.3 is 0 Å². The van der Waals surface area contributed by atoms with Crippen molar-refractivity contribution in [2.24, 2.45) is 121 Å². The first kappa shape index (κ1) is 110. The van der Waals surface area contributed by atoms with Crippen molar-refractivity contribution in [3.05, 3.63) is 292 Å². The van der Waals surface area contributed by atoms with Gasteiger partial charge in [0.05, 0.1) is 48.0 Å². The minimum absolute atomic E-state index is 0. The number of nitriles is 1. The van der Waals surface area contributed by atoms with E-state index < -0.39 is 0 Å². The molecule has 9 N–H and O–H groups in total. The van der Waals surface area contributed by atoms with Crippen LogP contribution in [0.4, 0.5) is 4.39 Å². The second kappa shape index (κ2) is 51.2. The van der Waals surface area contributed by atoms with Gasteiger partial charge in [0.15, 0.2) is 0 Å². The summed E-state index contributed by atoms with van der Waals surface area (Å²) in [5.41, 5.74) is 26.0. The predicted molar refractivity (Wildman–Crippen MR) is 575 cm³/mol. The molecule has 9 saturated heterocycles. The van der Waals surface area contributed by atoms with Crippen LogP contribution in [0.5, 0.6) is 0 Å². The number of hydrogen-bond acceptors (Lipinski definition) is 17. The van der Waals surface area contributed by atoms with Crippen molar-refractivity contribution in [3.63, 3.8) is 0 Å². The second-order valence-corrected chi connectivity index (χ2v) is 39.4. The number of aromatic nitrogens is 6. The molecule has 0 amide bonds. The molecule has 9 fully saturated rings. The fourth-order valence-electron chi connectivity index (χ4n) is 24.0. The highest BCUT2D eigenvalue weighted by Gasteiger charge is 2.40. The van der Waals surface area contributed by atoms with Crippen molar-refractivity contribution < 1.29 is 17.7 Å². The van der Waals surface area contributed by atoms with Gasteiger partial charge in [0, 0.05) is 120 Å². The molecule has 0 saturated carbocycles. The molecule has 6 aromatic heterocycles. The molecular formula is C118H167FN16O3. The van der Waals surface area contributed by atoms with Crippen LogP contribution in [0.1, 0.15) is 198 Å². The van der Waals surface area contributed by atoms with Crippen molar-refractivity contribution in [2.75, 3.05) is 118 Å². The van der Waals surface area contributed by atoms with Gasteiger partial charge in [-0.2, -0.15) is 15.5 Å². The van der Waals surface area contributed by atoms with Crippen LogP contribution in [0.15, 0.2) is 227 Å². The Hall–Kier alpha value is -10.3. The summed E-state index contributed by atoms with van der Waals surface area (Å²) in [4.78, 5) is 4.17. The Morgan fingerprint density at radius 3 is 1.17 bits per heavy atom. The van der Waals surface area contributed by atoms with E-state index in [0.717, 1.165) is 208 Å². The van der Waals surface area contributed by atoms with Crippen LogP contribution in [0.2, 0.25) is 0 Å². The lowest BCUT2D eigenvalue weighted by Gasteiger charge is -2.08. The fraction of sp³-hybridized carbons (Fsp3) is 0.500. The van der Waals surface area contributed by atoms with Gasteiger partial charge in [-0.3, -0.25) is 14.3 Å². The summed E-state index contributed by atoms with van der Waals surface area (Å²) in [6.45, 7) is 27.0. The zero-order chi connectivity index (χ0) is 87.7. The third kappa shape index (κ3) is 25.5. The van der Waals surface area contributed by atoms with Crippen LogP contribution < -0.4 is 47.9 Å². The molecule has 18 aliphatic rings. The van der Waals surface area contributed by atoms with Gasteiger partial charge in [-0.15, -0.1) is 0 Å². The number of nitrogens with one attached hydrogen (secondary N) is 9. The summed E-state index contributed by atoms with van der Waals surface area (Å²) in [6.07, 6.45) is 47.4. The Kier molecular flexibility index (Phi) is 40.7. The van der Waals surface area contributed by atoms with Gasteiger partial charge in [0.2, 0.25) is 0 Å². The molecule has 0 spiro atoms. The zero-order valence-corrected chi connectivity index (χ0v) is 75.9. The third-order valence-corrected chi connectivity index (χ3v) is 31.1. The van der Waals surface area contributed by atoms with Gasteiger partial charge in [-0.1, -0.05) is 193 Å². The van der Waals surface area contributed by atoms with E-state index >= 15 is 0 Å². The van der Waals surface area contributed by atoms with E-state index in [0.29, 0.717) is 17.8 Å². The highest BCUT2D eigenvalue weighted by Crippen LogP contribution is 2.47. The second-order valence-electron chi connectivity index (χ2n) is 39.4.